The molecule has 114 valence electrons. The molecule has 0 aliphatic carbocycles. The smallest absolute Gasteiger partial charge is 0.185 e. The van der Waals surface area contributed by atoms with E-state index >= 15 is 0 Å². The minimum Gasteiger partial charge on any atom is -0.367 e. The number of thiazole rings is 1. The maximum Gasteiger partial charge on any atom is 0.185 e. The molecule has 0 unspecified atom stereocenters. The van der Waals surface area contributed by atoms with Gasteiger partial charge in [0.25, 0.3) is 0 Å². The van der Waals surface area contributed by atoms with Crippen molar-refractivity contribution in [2.45, 2.75) is 13.8 Å². The van der Waals surface area contributed by atoms with Crippen LogP contribution in [0.2, 0.25) is 5.02 Å². The second-order valence-corrected chi connectivity index (χ2v) is 7.00. The molecule has 22 heavy (non-hydrogen) atoms. The first-order valence-corrected chi connectivity index (χ1v) is 8.41. The molecular weight excluding hydrogens is 316 g/mol. The summed E-state index contributed by atoms with van der Waals surface area (Å²) in [5.41, 5.74) is 2.73. The van der Waals surface area contributed by atoms with Crippen molar-refractivity contribution >= 4 is 33.8 Å². The van der Waals surface area contributed by atoms with Crippen LogP contribution in [0.5, 0.6) is 0 Å². The number of aromatic nitrogens is 1. The van der Waals surface area contributed by atoms with Crippen LogP contribution in [0.3, 0.4) is 0 Å². The lowest BCUT2D eigenvalue weighted by atomic mass is 10.1. The van der Waals surface area contributed by atoms with Crippen molar-refractivity contribution in [2.75, 3.05) is 36.0 Å². The summed E-state index contributed by atoms with van der Waals surface area (Å²) >= 11 is 7.83. The molecule has 6 heteroatoms. The second kappa shape index (κ2) is 6.15. The molecule has 0 atom stereocenters. The van der Waals surface area contributed by atoms with E-state index in [0.717, 1.165) is 42.7 Å². The zero-order valence-electron chi connectivity index (χ0n) is 12.6. The van der Waals surface area contributed by atoms with Crippen LogP contribution in [-0.4, -0.2) is 31.2 Å². The van der Waals surface area contributed by atoms with Crippen LogP contribution in [0, 0.1) is 25.2 Å². The molecule has 1 aromatic heterocycles. The Labute approximate surface area is 139 Å². The van der Waals surface area contributed by atoms with Gasteiger partial charge in [0.15, 0.2) is 5.13 Å². The highest BCUT2D eigenvalue weighted by atomic mass is 35.5. The molecule has 0 spiro atoms. The van der Waals surface area contributed by atoms with E-state index < -0.39 is 0 Å². The van der Waals surface area contributed by atoms with Gasteiger partial charge in [-0.15, -0.1) is 11.3 Å². The molecule has 2 aromatic rings. The van der Waals surface area contributed by atoms with Crippen molar-refractivity contribution in [3.8, 4) is 6.07 Å². The van der Waals surface area contributed by atoms with Crippen LogP contribution in [0.1, 0.15) is 16.1 Å². The normalized spacial score (nSPS) is 15.0. The van der Waals surface area contributed by atoms with E-state index in [0.29, 0.717) is 10.6 Å². The third kappa shape index (κ3) is 2.90. The van der Waals surface area contributed by atoms with E-state index in [9.17, 15) is 5.26 Å². The Hall–Kier alpha value is -1.77. The number of nitriles is 1. The van der Waals surface area contributed by atoms with E-state index in [1.54, 1.807) is 23.5 Å². The highest BCUT2D eigenvalue weighted by Gasteiger charge is 2.21. The predicted molar refractivity (Wildman–Crippen MR) is 92.2 cm³/mol. The van der Waals surface area contributed by atoms with Gasteiger partial charge >= 0.3 is 0 Å². The van der Waals surface area contributed by atoms with E-state index in [4.69, 9.17) is 11.6 Å². The Morgan fingerprint density at radius 3 is 2.45 bits per heavy atom. The van der Waals surface area contributed by atoms with Crippen molar-refractivity contribution in [3.05, 3.63) is 39.4 Å². The number of halogens is 1. The predicted octanol–water partition coefficient (Wildman–Crippen LogP) is 3.61. The first-order chi connectivity index (χ1) is 10.6. The number of rotatable bonds is 2. The summed E-state index contributed by atoms with van der Waals surface area (Å²) in [5.74, 6) is 0. The van der Waals surface area contributed by atoms with Crippen molar-refractivity contribution in [1.29, 1.82) is 5.26 Å². The molecule has 4 nitrogen and oxygen atoms in total. The van der Waals surface area contributed by atoms with Crippen LogP contribution in [0.4, 0.5) is 10.8 Å². The van der Waals surface area contributed by atoms with Crippen LogP contribution >= 0.6 is 22.9 Å². The lowest BCUT2D eigenvalue weighted by Gasteiger charge is -2.36. The monoisotopic (exact) mass is 332 g/mol. The molecule has 1 saturated heterocycles. The molecule has 1 aliphatic heterocycles. The average Bonchev–Trinajstić information content (AvgIpc) is 2.87. The van der Waals surface area contributed by atoms with Crippen molar-refractivity contribution in [1.82, 2.24) is 4.98 Å². The highest BCUT2D eigenvalue weighted by Crippen LogP contribution is 2.29. The Balaban J connectivity index is 1.74. The Bertz CT molecular complexity index is 707. The molecule has 0 radical (unpaired) electrons. The molecule has 1 aromatic carbocycles. The number of benzene rings is 1. The van der Waals surface area contributed by atoms with Gasteiger partial charge in [0.2, 0.25) is 0 Å². The Morgan fingerprint density at radius 1 is 1.18 bits per heavy atom. The van der Waals surface area contributed by atoms with Crippen LogP contribution in [0.15, 0.2) is 18.2 Å². The minimum absolute atomic E-state index is 0.669. The van der Waals surface area contributed by atoms with Crippen LogP contribution in [0.25, 0.3) is 0 Å². The van der Waals surface area contributed by atoms with Gasteiger partial charge in [-0.05, 0) is 32.0 Å². The summed E-state index contributed by atoms with van der Waals surface area (Å²) in [7, 11) is 0. The summed E-state index contributed by atoms with van der Waals surface area (Å²) < 4.78 is 0. The molecule has 0 amide bonds. The molecule has 0 saturated carbocycles. The minimum atomic E-state index is 0.669. The molecular formula is C16H17ClN4S. The lowest BCUT2D eigenvalue weighted by molar-refractivity contribution is 0.651. The number of aryl methyl sites for hydroxylation is 2. The molecule has 3 rings (SSSR count). The zero-order valence-corrected chi connectivity index (χ0v) is 14.2. The fraction of sp³-hybridized carbons (Fsp3) is 0.375. The first kappa shape index (κ1) is 15.1. The third-order valence-corrected chi connectivity index (χ3v) is 5.36. The molecule has 2 heterocycles. The topological polar surface area (TPSA) is 43.2 Å². The quantitative estimate of drug-likeness (QED) is 0.842. The van der Waals surface area contributed by atoms with Gasteiger partial charge in [-0.1, -0.05) is 11.6 Å². The number of hydrogen-bond acceptors (Lipinski definition) is 5. The van der Waals surface area contributed by atoms with E-state index in [2.05, 4.69) is 34.7 Å². The number of anilines is 2. The van der Waals surface area contributed by atoms with Gasteiger partial charge in [-0.25, -0.2) is 4.98 Å². The molecule has 0 N–H and O–H groups in total. The van der Waals surface area contributed by atoms with Gasteiger partial charge in [-0.3, -0.25) is 0 Å². The third-order valence-electron chi connectivity index (χ3n) is 3.99. The van der Waals surface area contributed by atoms with Gasteiger partial charge < -0.3 is 9.80 Å². The second-order valence-electron chi connectivity index (χ2n) is 5.39. The van der Waals surface area contributed by atoms with Crippen molar-refractivity contribution in [2.24, 2.45) is 0 Å². The number of hydrogen-bond donors (Lipinski definition) is 0. The van der Waals surface area contributed by atoms with Crippen LogP contribution in [-0.2, 0) is 0 Å². The molecule has 1 aliphatic rings. The van der Waals surface area contributed by atoms with E-state index in [-0.39, 0.29) is 0 Å². The number of nitrogens with zero attached hydrogens (tertiary/aromatic N) is 4. The standard InChI is InChI=1S/C16H17ClN4S/c1-11-12(2)22-16(19-11)21-7-5-20(6-8-21)15-9-14(17)4-3-13(15)10-18/h3-4,9H,5-8H2,1-2H3. The fourth-order valence-electron chi connectivity index (χ4n) is 2.59. The summed E-state index contributed by atoms with van der Waals surface area (Å²) in [4.78, 5) is 10.5. The Kier molecular flexibility index (Phi) is 4.23. The van der Waals surface area contributed by atoms with E-state index in [1.807, 2.05) is 6.07 Å². The maximum absolute atomic E-state index is 9.26. The van der Waals surface area contributed by atoms with Crippen molar-refractivity contribution < 1.29 is 0 Å². The van der Waals surface area contributed by atoms with Gasteiger partial charge in [-0.2, -0.15) is 5.26 Å². The zero-order chi connectivity index (χ0) is 15.7. The first-order valence-electron chi connectivity index (χ1n) is 7.22. The van der Waals surface area contributed by atoms with Crippen LogP contribution < -0.4 is 9.80 Å². The van der Waals surface area contributed by atoms with Crippen molar-refractivity contribution in [3.63, 3.8) is 0 Å². The van der Waals surface area contributed by atoms with E-state index in [1.165, 1.54) is 4.88 Å². The Morgan fingerprint density at radius 2 is 1.86 bits per heavy atom. The SMILES string of the molecule is Cc1nc(N2CCN(c3cc(Cl)ccc3C#N)CC2)sc1C. The van der Waals surface area contributed by atoms with Gasteiger partial charge in [0.1, 0.15) is 6.07 Å². The van der Waals surface area contributed by atoms with Gasteiger partial charge in [0.05, 0.1) is 16.9 Å². The number of piperazine rings is 1. The van der Waals surface area contributed by atoms with Gasteiger partial charge in [0, 0.05) is 36.1 Å². The average molecular weight is 333 g/mol. The largest absolute Gasteiger partial charge is 0.367 e. The summed E-state index contributed by atoms with van der Waals surface area (Å²) in [6.45, 7) is 7.71. The molecule has 0 bridgehead atoms. The lowest BCUT2D eigenvalue weighted by Crippen LogP contribution is -2.46. The summed E-state index contributed by atoms with van der Waals surface area (Å²) in [5, 5.41) is 11.0. The highest BCUT2D eigenvalue weighted by molar-refractivity contribution is 7.15. The molecule has 1 fully saturated rings. The summed E-state index contributed by atoms with van der Waals surface area (Å²) in [6, 6.07) is 7.69. The summed E-state index contributed by atoms with van der Waals surface area (Å²) in [6.07, 6.45) is 0. The fourth-order valence-corrected chi connectivity index (χ4v) is 3.72. The maximum atomic E-state index is 9.26.